The lowest BCUT2D eigenvalue weighted by molar-refractivity contribution is -0.125. The van der Waals surface area contributed by atoms with Crippen molar-refractivity contribution in [1.29, 1.82) is 0 Å². The second-order valence-corrected chi connectivity index (χ2v) is 8.33. The van der Waals surface area contributed by atoms with E-state index in [9.17, 15) is 9.59 Å². The fourth-order valence-corrected chi connectivity index (χ4v) is 3.79. The first kappa shape index (κ1) is 19.9. The van der Waals surface area contributed by atoms with Gasteiger partial charge >= 0.3 is 0 Å². The second kappa shape index (κ2) is 7.27. The number of hydrogen-bond acceptors (Lipinski definition) is 6. The minimum absolute atomic E-state index is 0.274. The van der Waals surface area contributed by atoms with Crippen molar-refractivity contribution < 1.29 is 18.7 Å². The monoisotopic (exact) mass is 401 g/mol. The molecule has 0 aliphatic rings. The Bertz CT molecular complexity index is 1070. The Morgan fingerprint density at radius 3 is 2.54 bits per heavy atom. The van der Waals surface area contributed by atoms with Crippen LogP contribution in [0.3, 0.4) is 0 Å². The van der Waals surface area contributed by atoms with Crippen LogP contribution >= 0.6 is 11.3 Å². The molecule has 0 atom stereocenters. The minimum Gasteiger partial charge on any atom is -0.488 e. The molecule has 3 rings (SSSR count). The Morgan fingerprint density at radius 1 is 1.25 bits per heavy atom. The molecule has 2 heterocycles. The van der Waals surface area contributed by atoms with Gasteiger partial charge in [0.1, 0.15) is 23.7 Å². The lowest BCUT2D eigenvalue weighted by Crippen LogP contribution is -2.33. The van der Waals surface area contributed by atoms with E-state index in [1.807, 2.05) is 6.92 Å². The highest BCUT2D eigenvalue weighted by Gasteiger charge is 2.30. The SMILES string of the molecule is Cc1ncsc1COc1ccc2oc(C)c(C(N)=O)c2c1CC(C)(C)C(N)=O. The fourth-order valence-electron chi connectivity index (χ4n) is 3.10. The Morgan fingerprint density at radius 2 is 1.96 bits per heavy atom. The third kappa shape index (κ3) is 3.60. The molecule has 0 radical (unpaired) electrons. The zero-order chi connectivity index (χ0) is 20.6. The molecule has 0 aliphatic heterocycles. The highest BCUT2D eigenvalue weighted by Crippen LogP contribution is 2.38. The molecule has 0 saturated heterocycles. The summed E-state index contributed by atoms with van der Waals surface area (Å²) in [6.07, 6.45) is 0.274. The van der Waals surface area contributed by atoms with E-state index in [-0.39, 0.29) is 6.42 Å². The van der Waals surface area contributed by atoms with Crippen LogP contribution in [-0.2, 0) is 17.8 Å². The number of amides is 2. The number of aromatic nitrogens is 1. The Balaban J connectivity index is 2.15. The first-order valence-electron chi connectivity index (χ1n) is 8.78. The van der Waals surface area contributed by atoms with E-state index in [2.05, 4.69) is 4.98 Å². The maximum absolute atomic E-state index is 12.1. The summed E-state index contributed by atoms with van der Waals surface area (Å²) in [7, 11) is 0. The lowest BCUT2D eigenvalue weighted by Gasteiger charge is -2.23. The van der Waals surface area contributed by atoms with Gasteiger partial charge in [-0.15, -0.1) is 11.3 Å². The molecule has 148 valence electrons. The van der Waals surface area contributed by atoms with E-state index in [1.165, 1.54) is 11.3 Å². The van der Waals surface area contributed by atoms with Crippen LogP contribution in [0, 0.1) is 19.3 Å². The first-order valence-corrected chi connectivity index (χ1v) is 9.66. The number of carbonyl (C=O) groups excluding carboxylic acids is 2. The molecule has 0 saturated carbocycles. The van der Waals surface area contributed by atoms with Crippen LogP contribution in [0.5, 0.6) is 5.75 Å². The van der Waals surface area contributed by atoms with Crippen LogP contribution in [0.25, 0.3) is 11.0 Å². The number of ether oxygens (including phenoxy) is 1. The van der Waals surface area contributed by atoms with Crippen LogP contribution in [0.15, 0.2) is 22.1 Å². The van der Waals surface area contributed by atoms with Crippen molar-refractivity contribution in [2.75, 3.05) is 0 Å². The average molecular weight is 401 g/mol. The maximum Gasteiger partial charge on any atom is 0.252 e. The quantitative estimate of drug-likeness (QED) is 0.629. The average Bonchev–Trinajstić information content (AvgIpc) is 3.16. The van der Waals surface area contributed by atoms with Crippen molar-refractivity contribution in [2.24, 2.45) is 16.9 Å². The molecular formula is C20H23N3O4S. The third-order valence-corrected chi connectivity index (χ3v) is 5.74. The molecule has 7 nitrogen and oxygen atoms in total. The summed E-state index contributed by atoms with van der Waals surface area (Å²) in [6.45, 7) is 7.43. The molecule has 4 N–H and O–H groups in total. The maximum atomic E-state index is 12.1. The fraction of sp³-hybridized carbons (Fsp3) is 0.350. The zero-order valence-electron chi connectivity index (χ0n) is 16.3. The number of aryl methyl sites for hydroxylation is 2. The van der Waals surface area contributed by atoms with Crippen molar-refractivity contribution in [1.82, 2.24) is 4.98 Å². The standard InChI is InChI=1S/C20H23N3O4S/c1-10-15(28-9-23-10)8-26-13-5-6-14-17(16(18(21)24)11(2)27-14)12(13)7-20(3,4)19(22)25/h5-6,9H,7-8H2,1-4H3,(H2,21,24)(H2,22,25). The van der Waals surface area contributed by atoms with Crippen molar-refractivity contribution >= 4 is 34.1 Å². The van der Waals surface area contributed by atoms with E-state index >= 15 is 0 Å². The summed E-state index contributed by atoms with van der Waals surface area (Å²) >= 11 is 1.51. The van der Waals surface area contributed by atoms with Gasteiger partial charge in [0.15, 0.2) is 0 Å². The summed E-state index contributed by atoms with van der Waals surface area (Å²) in [4.78, 5) is 29.2. The van der Waals surface area contributed by atoms with Gasteiger partial charge in [0, 0.05) is 16.4 Å². The van der Waals surface area contributed by atoms with Gasteiger partial charge in [0.05, 0.1) is 21.6 Å². The minimum atomic E-state index is -0.854. The van der Waals surface area contributed by atoms with Crippen molar-refractivity contribution in [3.05, 3.63) is 45.1 Å². The molecule has 8 heteroatoms. The number of hydrogen-bond donors (Lipinski definition) is 2. The van der Waals surface area contributed by atoms with Crippen LogP contribution in [0.2, 0.25) is 0 Å². The topological polar surface area (TPSA) is 121 Å². The van der Waals surface area contributed by atoms with Crippen molar-refractivity contribution in [3.63, 3.8) is 0 Å². The van der Waals surface area contributed by atoms with E-state index in [0.29, 0.717) is 40.2 Å². The summed E-state index contributed by atoms with van der Waals surface area (Å²) in [5.74, 6) is -0.0616. The predicted molar refractivity (Wildman–Crippen MR) is 107 cm³/mol. The Kier molecular flexibility index (Phi) is 5.16. The summed E-state index contributed by atoms with van der Waals surface area (Å²) in [5.41, 5.74) is 14.5. The highest BCUT2D eigenvalue weighted by atomic mass is 32.1. The number of nitrogens with two attached hydrogens (primary N) is 2. The van der Waals surface area contributed by atoms with Gasteiger partial charge in [0.2, 0.25) is 5.91 Å². The summed E-state index contributed by atoms with van der Waals surface area (Å²) < 4.78 is 11.8. The number of carbonyl (C=O) groups is 2. The molecule has 0 spiro atoms. The Hall–Kier alpha value is -2.87. The van der Waals surface area contributed by atoms with Gasteiger partial charge in [-0.2, -0.15) is 0 Å². The van der Waals surface area contributed by atoms with Gasteiger partial charge < -0.3 is 20.6 Å². The zero-order valence-corrected chi connectivity index (χ0v) is 17.1. The summed E-state index contributed by atoms with van der Waals surface area (Å²) in [6, 6.07) is 3.52. The van der Waals surface area contributed by atoms with Gasteiger partial charge in [-0.3, -0.25) is 9.59 Å². The van der Waals surface area contributed by atoms with Gasteiger partial charge in [-0.25, -0.2) is 4.98 Å². The van der Waals surface area contributed by atoms with Crippen LogP contribution in [0.4, 0.5) is 0 Å². The summed E-state index contributed by atoms with van der Waals surface area (Å²) in [5, 5.41) is 0.567. The molecule has 0 fully saturated rings. The van der Waals surface area contributed by atoms with E-state index < -0.39 is 17.2 Å². The smallest absolute Gasteiger partial charge is 0.252 e. The Labute approximate surface area is 166 Å². The third-order valence-electron chi connectivity index (χ3n) is 4.83. The molecule has 0 unspecified atom stereocenters. The van der Waals surface area contributed by atoms with E-state index in [4.69, 9.17) is 20.6 Å². The van der Waals surface area contributed by atoms with Crippen molar-refractivity contribution in [2.45, 2.75) is 40.7 Å². The normalized spacial score (nSPS) is 11.7. The van der Waals surface area contributed by atoms with Gasteiger partial charge in [0.25, 0.3) is 5.91 Å². The molecule has 1 aromatic carbocycles. The number of benzene rings is 1. The first-order chi connectivity index (χ1) is 13.1. The van der Waals surface area contributed by atoms with Crippen molar-refractivity contribution in [3.8, 4) is 5.75 Å². The number of furan rings is 1. The predicted octanol–water partition coefficient (Wildman–Crippen LogP) is 3.24. The lowest BCUT2D eigenvalue weighted by atomic mass is 9.83. The molecule has 0 bridgehead atoms. The largest absolute Gasteiger partial charge is 0.488 e. The van der Waals surface area contributed by atoms with Crippen LogP contribution in [-0.4, -0.2) is 16.8 Å². The number of primary amides is 2. The molecule has 28 heavy (non-hydrogen) atoms. The number of nitrogens with zero attached hydrogens (tertiary/aromatic N) is 1. The van der Waals surface area contributed by atoms with Gasteiger partial charge in [-0.05, 0) is 32.4 Å². The number of rotatable bonds is 7. The van der Waals surface area contributed by atoms with E-state index in [0.717, 1.165) is 10.6 Å². The van der Waals surface area contributed by atoms with Gasteiger partial charge in [-0.1, -0.05) is 13.8 Å². The van der Waals surface area contributed by atoms with Crippen LogP contribution < -0.4 is 16.2 Å². The molecule has 3 aromatic rings. The molecule has 2 amide bonds. The van der Waals surface area contributed by atoms with Crippen LogP contribution in [0.1, 0.15) is 46.1 Å². The number of fused-ring (bicyclic) bond motifs is 1. The van der Waals surface area contributed by atoms with E-state index in [1.54, 1.807) is 38.4 Å². The molecule has 0 aliphatic carbocycles. The highest BCUT2D eigenvalue weighted by molar-refractivity contribution is 7.09. The number of thiazole rings is 1. The molecule has 2 aromatic heterocycles. The molecular weight excluding hydrogens is 378 g/mol. The second-order valence-electron chi connectivity index (χ2n) is 7.39.